The Kier molecular flexibility index (Phi) is 8.04. The molecule has 7 nitrogen and oxygen atoms in total. The molecule has 1 atom stereocenters. The molecule has 0 bridgehead atoms. The predicted octanol–water partition coefficient (Wildman–Crippen LogP) is 6.06. The Hall–Kier alpha value is -4.10. The number of aromatic nitrogens is 2. The van der Waals surface area contributed by atoms with Crippen LogP contribution < -0.4 is 9.47 Å². The van der Waals surface area contributed by atoms with Crippen LogP contribution in [0.15, 0.2) is 84.9 Å². The number of methoxy groups -OCH3 is 1. The van der Waals surface area contributed by atoms with Crippen LogP contribution in [0.25, 0.3) is 5.69 Å². The number of para-hydroxylation sites is 1. The van der Waals surface area contributed by atoms with E-state index < -0.39 is 0 Å². The minimum absolute atomic E-state index is 0.0136. The van der Waals surface area contributed by atoms with E-state index in [4.69, 9.17) is 19.3 Å². The highest BCUT2D eigenvalue weighted by Crippen LogP contribution is 2.34. The molecule has 0 aliphatic carbocycles. The lowest BCUT2D eigenvalue weighted by molar-refractivity contribution is 0.0505. The first-order valence-corrected chi connectivity index (χ1v) is 13.1. The van der Waals surface area contributed by atoms with Crippen LogP contribution in [-0.4, -0.2) is 47.0 Å². The lowest BCUT2D eigenvalue weighted by atomic mass is 10.1. The molecule has 0 N–H and O–H groups in total. The maximum atomic E-state index is 13.8. The molecule has 196 valence electrons. The number of nitrogens with zero attached hydrogens (tertiary/aromatic N) is 3. The smallest absolute Gasteiger partial charge is 0.254 e. The van der Waals surface area contributed by atoms with Crippen LogP contribution in [0.4, 0.5) is 0 Å². The summed E-state index contributed by atoms with van der Waals surface area (Å²) < 4.78 is 19.7. The molecule has 0 unspecified atom stereocenters. The Bertz CT molecular complexity index is 1350. The average molecular weight is 512 g/mol. The van der Waals surface area contributed by atoms with E-state index in [1.54, 1.807) is 7.11 Å². The van der Waals surface area contributed by atoms with E-state index in [2.05, 4.69) is 6.92 Å². The Morgan fingerprint density at radius 1 is 1.03 bits per heavy atom. The molecule has 4 aromatic rings. The van der Waals surface area contributed by atoms with Gasteiger partial charge in [0.25, 0.3) is 5.91 Å². The fourth-order valence-electron chi connectivity index (χ4n) is 4.75. The highest BCUT2D eigenvalue weighted by molar-refractivity contribution is 5.94. The van der Waals surface area contributed by atoms with E-state index in [1.165, 1.54) is 0 Å². The molecule has 1 fully saturated rings. The van der Waals surface area contributed by atoms with Gasteiger partial charge in [0, 0.05) is 24.8 Å². The molecule has 1 aliphatic rings. The Morgan fingerprint density at radius 3 is 2.45 bits per heavy atom. The summed E-state index contributed by atoms with van der Waals surface area (Å²) in [6.45, 7) is 3.66. The number of ether oxygens (including phenoxy) is 3. The van der Waals surface area contributed by atoms with Gasteiger partial charge in [0.05, 0.1) is 36.7 Å². The normalized spacial score (nSPS) is 14.8. The van der Waals surface area contributed by atoms with E-state index in [-0.39, 0.29) is 12.0 Å². The molecule has 1 aromatic heterocycles. The Balaban J connectivity index is 1.57. The standard InChI is InChI=1S/C31H33N3O4/c1-3-29-28(22-33(21-27-18-11-19-37-27)30(35)23-12-6-4-7-13-23)31(34(32-29)24-14-8-5-9-15-24)38-26-17-10-16-25(20-26)36-2/h4-10,12-17,20,27H,3,11,18-19,21-22H2,1-2H3/t27-/m0/s1. The molecule has 0 saturated carbocycles. The van der Waals surface area contributed by atoms with Crippen molar-refractivity contribution in [2.75, 3.05) is 20.3 Å². The zero-order valence-corrected chi connectivity index (χ0v) is 21.9. The van der Waals surface area contributed by atoms with Crippen LogP contribution in [0.5, 0.6) is 17.4 Å². The number of aryl methyl sites for hydroxylation is 1. The predicted molar refractivity (Wildman–Crippen MR) is 146 cm³/mol. The monoisotopic (exact) mass is 511 g/mol. The van der Waals surface area contributed by atoms with Gasteiger partial charge in [-0.25, -0.2) is 4.68 Å². The summed E-state index contributed by atoms with van der Waals surface area (Å²) in [5.74, 6) is 1.87. The molecule has 1 amide bonds. The van der Waals surface area contributed by atoms with Crippen molar-refractivity contribution in [3.63, 3.8) is 0 Å². The summed E-state index contributed by atoms with van der Waals surface area (Å²) in [7, 11) is 1.63. The summed E-state index contributed by atoms with van der Waals surface area (Å²) >= 11 is 0. The van der Waals surface area contributed by atoms with Gasteiger partial charge in [-0.2, -0.15) is 5.10 Å². The van der Waals surface area contributed by atoms with Crippen LogP contribution in [0, 0.1) is 0 Å². The SMILES string of the molecule is CCc1nn(-c2ccccc2)c(Oc2cccc(OC)c2)c1CN(C[C@@H]1CCCO1)C(=O)c1ccccc1. The van der Waals surface area contributed by atoms with Crippen molar-refractivity contribution in [1.82, 2.24) is 14.7 Å². The largest absolute Gasteiger partial charge is 0.497 e. The van der Waals surface area contributed by atoms with Crippen LogP contribution >= 0.6 is 0 Å². The van der Waals surface area contributed by atoms with Crippen LogP contribution in [0.2, 0.25) is 0 Å². The Labute approximate surface area is 223 Å². The van der Waals surface area contributed by atoms with Gasteiger partial charge < -0.3 is 19.1 Å². The molecule has 5 rings (SSSR count). The summed E-state index contributed by atoms with van der Waals surface area (Å²) in [6.07, 6.45) is 2.65. The number of hydrogen-bond acceptors (Lipinski definition) is 5. The second kappa shape index (κ2) is 12.0. The van der Waals surface area contributed by atoms with Gasteiger partial charge in [-0.05, 0) is 55.7 Å². The second-order valence-electron chi connectivity index (χ2n) is 9.30. The number of rotatable bonds is 10. The molecule has 0 radical (unpaired) electrons. The lowest BCUT2D eigenvalue weighted by Crippen LogP contribution is -2.37. The third-order valence-corrected chi connectivity index (χ3v) is 6.72. The third kappa shape index (κ3) is 5.73. The number of amides is 1. The summed E-state index contributed by atoms with van der Waals surface area (Å²) in [6, 6.07) is 26.8. The van der Waals surface area contributed by atoms with Crippen molar-refractivity contribution >= 4 is 5.91 Å². The molecule has 3 aromatic carbocycles. The minimum atomic E-state index is -0.0389. The molecule has 38 heavy (non-hydrogen) atoms. The minimum Gasteiger partial charge on any atom is -0.497 e. The first-order chi connectivity index (χ1) is 18.7. The summed E-state index contributed by atoms with van der Waals surface area (Å²) in [5.41, 5.74) is 3.28. The first-order valence-electron chi connectivity index (χ1n) is 13.1. The maximum Gasteiger partial charge on any atom is 0.254 e. The number of benzene rings is 3. The van der Waals surface area contributed by atoms with Crippen molar-refractivity contribution in [3.8, 4) is 23.1 Å². The van der Waals surface area contributed by atoms with E-state index in [9.17, 15) is 4.79 Å². The summed E-state index contributed by atoms with van der Waals surface area (Å²) in [5, 5.41) is 4.95. The van der Waals surface area contributed by atoms with Crippen molar-refractivity contribution < 1.29 is 19.0 Å². The molecular weight excluding hydrogens is 478 g/mol. The zero-order chi connectivity index (χ0) is 26.3. The highest BCUT2D eigenvalue weighted by Gasteiger charge is 2.28. The quantitative estimate of drug-likeness (QED) is 0.259. The van der Waals surface area contributed by atoms with Gasteiger partial charge in [-0.1, -0.05) is 49.4 Å². The lowest BCUT2D eigenvalue weighted by Gasteiger charge is -2.26. The number of carbonyl (C=O) groups excluding carboxylic acids is 1. The van der Waals surface area contributed by atoms with Gasteiger partial charge in [-0.3, -0.25) is 4.79 Å². The molecule has 0 spiro atoms. The molecule has 1 saturated heterocycles. The highest BCUT2D eigenvalue weighted by atomic mass is 16.5. The topological polar surface area (TPSA) is 65.8 Å². The van der Waals surface area contributed by atoms with Crippen molar-refractivity contribution in [1.29, 1.82) is 0 Å². The molecule has 1 aliphatic heterocycles. The van der Waals surface area contributed by atoms with E-state index in [0.29, 0.717) is 42.5 Å². The van der Waals surface area contributed by atoms with Crippen LogP contribution in [0.3, 0.4) is 0 Å². The van der Waals surface area contributed by atoms with Gasteiger partial charge >= 0.3 is 0 Å². The van der Waals surface area contributed by atoms with Crippen molar-refractivity contribution in [3.05, 3.63) is 102 Å². The second-order valence-corrected chi connectivity index (χ2v) is 9.30. The van der Waals surface area contributed by atoms with E-state index in [1.807, 2.05) is 94.5 Å². The van der Waals surface area contributed by atoms with E-state index in [0.717, 1.165) is 36.4 Å². The number of carbonyl (C=O) groups is 1. The molecular formula is C31H33N3O4. The fraction of sp³-hybridized carbons (Fsp3) is 0.290. The van der Waals surface area contributed by atoms with Gasteiger partial charge in [0.2, 0.25) is 5.88 Å². The van der Waals surface area contributed by atoms with Crippen LogP contribution in [0.1, 0.15) is 41.4 Å². The number of hydrogen-bond donors (Lipinski definition) is 0. The molecule has 7 heteroatoms. The maximum absolute atomic E-state index is 13.8. The first kappa shape index (κ1) is 25.5. The van der Waals surface area contributed by atoms with Gasteiger partial charge in [0.15, 0.2) is 0 Å². The van der Waals surface area contributed by atoms with Crippen LogP contribution in [-0.2, 0) is 17.7 Å². The Morgan fingerprint density at radius 2 is 1.76 bits per heavy atom. The zero-order valence-electron chi connectivity index (χ0n) is 21.9. The van der Waals surface area contributed by atoms with Crippen molar-refractivity contribution in [2.45, 2.75) is 38.8 Å². The van der Waals surface area contributed by atoms with Gasteiger partial charge in [0.1, 0.15) is 11.5 Å². The summed E-state index contributed by atoms with van der Waals surface area (Å²) in [4.78, 5) is 15.6. The van der Waals surface area contributed by atoms with Crippen molar-refractivity contribution in [2.24, 2.45) is 0 Å². The average Bonchev–Trinajstić information content (AvgIpc) is 3.61. The third-order valence-electron chi connectivity index (χ3n) is 6.72. The fourth-order valence-corrected chi connectivity index (χ4v) is 4.75. The molecule has 2 heterocycles. The van der Waals surface area contributed by atoms with Gasteiger partial charge in [-0.15, -0.1) is 0 Å². The van der Waals surface area contributed by atoms with E-state index >= 15 is 0 Å².